The monoisotopic (exact) mass is 132 g/mol. The molecule has 2 fully saturated rings. The van der Waals surface area contributed by atoms with Gasteiger partial charge in [-0.3, -0.25) is 0 Å². The Morgan fingerprint density at radius 2 is 2.00 bits per heavy atom. The molecule has 0 aliphatic heterocycles. The molecule has 0 saturated heterocycles. The Kier molecular flexibility index (Phi) is 0.920. The van der Waals surface area contributed by atoms with Crippen LogP contribution in [-0.2, 0) is 0 Å². The standard InChI is InChI=1S/C7H10F2/c8-7(9)4-5-1-2-6(7)3-5/h5-6H,1-4H2/t5-,6+/m0/s1. The smallest absolute Gasteiger partial charge is 0.207 e. The zero-order valence-electron chi connectivity index (χ0n) is 5.24. The van der Waals surface area contributed by atoms with Gasteiger partial charge in [0.05, 0.1) is 0 Å². The van der Waals surface area contributed by atoms with Crippen molar-refractivity contribution in [2.75, 3.05) is 0 Å². The third kappa shape index (κ3) is 0.684. The van der Waals surface area contributed by atoms with Crippen molar-refractivity contribution in [2.45, 2.75) is 31.6 Å². The Hall–Kier alpha value is -0.140. The molecule has 2 aliphatic carbocycles. The van der Waals surface area contributed by atoms with Gasteiger partial charge in [0, 0.05) is 12.3 Å². The molecule has 2 aliphatic rings. The van der Waals surface area contributed by atoms with Crippen LogP contribution in [0.25, 0.3) is 0 Å². The molecule has 0 N–H and O–H groups in total. The Morgan fingerprint density at radius 1 is 1.22 bits per heavy atom. The maximum absolute atomic E-state index is 12.6. The molecule has 0 unspecified atom stereocenters. The molecule has 0 nitrogen and oxygen atoms in total. The molecule has 2 heteroatoms. The van der Waals surface area contributed by atoms with E-state index in [1.54, 1.807) is 0 Å². The minimum atomic E-state index is -2.29. The summed E-state index contributed by atoms with van der Waals surface area (Å²) in [4.78, 5) is 0. The highest BCUT2D eigenvalue weighted by molar-refractivity contribution is 4.94. The van der Waals surface area contributed by atoms with Crippen LogP contribution in [0.3, 0.4) is 0 Å². The van der Waals surface area contributed by atoms with E-state index < -0.39 is 5.92 Å². The first-order valence-electron chi connectivity index (χ1n) is 3.56. The van der Waals surface area contributed by atoms with Crippen LogP contribution < -0.4 is 0 Å². The summed E-state index contributed by atoms with van der Waals surface area (Å²) in [5.41, 5.74) is 0. The van der Waals surface area contributed by atoms with Crippen LogP contribution >= 0.6 is 0 Å². The largest absolute Gasteiger partial charge is 0.251 e. The number of hydrogen-bond acceptors (Lipinski definition) is 0. The highest BCUT2D eigenvalue weighted by Gasteiger charge is 2.52. The number of alkyl halides is 2. The third-order valence-corrected chi connectivity index (χ3v) is 2.70. The molecule has 2 bridgehead atoms. The van der Waals surface area contributed by atoms with Crippen molar-refractivity contribution in [2.24, 2.45) is 11.8 Å². The molecular weight excluding hydrogens is 122 g/mol. The second-order valence-electron chi connectivity index (χ2n) is 3.34. The summed E-state index contributed by atoms with van der Waals surface area (Å²) in [6.07, 6.45) is 2.81. The number of rotatable bonds is 0. The Morgan fingerprint density at radius 3 is 2.22 bits per heavy atom. The van der Waals surface area contributed by atoms with Gasteiger partial charge in [0.2, 0.25) is 0 Å². The molecule has 0 spiro atoms. The highest BCUT2D eigenvalue weighted by Crippen LogP contribution is 2.53. The minimum Gasteiger partial charge on any atom is -0.207 e. The number of hydrogen-bond donors (Lipinski definition) is 0. The van der Waals surface area contributed by atoms with Crippen LogP contribution in [0.1, 0.15) is 25.7 Å². The van der Waals surface area contributed by atoms with Crippen molar-refractivity contribution in [3.63, 3.8) is 0 Å². The normalized spacial score (nSPS) is 46.0. The summed E-state index contributed by atoms with van der Waals surface area (Å²) in [7, 11) is 0. The summed E-state index contributed by atoms with van der Waals surface area (Å²) in [6.45, 7) is 0. The van der Waals surface area contributed by atoms with E-state index >= 15 is 0 Å². The molecule has 0 aromatic rings. The highest BCUT2D eigenvalue weighted by atomic mass is 19.3. The fraction of sp³-hybridized carbons (Fsp3) is 1.00. The maximum atomic E-state index is 12.6. The van der Waals surface area contributed by atoms with Crippen molar-refractivity contribution in [1.29, 1.82) is 0 Å². The van der Waals surface area contributed by atoms with Gasteiger partial charge < -0.3 is 0 Å². The van der Waals surface area contributed by atoms with Gasteiger partial charge in [-0.25, -0.2) is 8.78 Å². The van der Waals surface area contributed by atoms with Crippen LogP contribution in [0.4, 0.5) is 8.78 Å². The molecule has 2 atom stereocenters. The quantitative estimate of drug-likeness (QED) is 0.475. The van der Waals surface area contributed by atoms with Crippen molar-refractivity contribution < 1.29 is 8.78 Å². The lowest BCUT2D eigenvalue weighted by molar-refractivity contribution is -0.0512. The summed E-state index contributed by atoms with van der Waals surface area (Å²) < 4.78 is 25.3. The third-order valence-electron chi connectivity index (χ3n) is 2.70. The lowest BCUT2D eigenvalue weighted by Gasteiger charge is -2.20. The van der Waals surface area contributed by atoms with E-state index in [0.717, 1.165) is 19.3 Å². The first-order valence-corrected chi connectivity index (χ1v) is 3.56. The van der Waals surface area contributed by atoms with Gasteiger partial charge in [0.15, 0.2) is 0 Å². The Labute approximate surface area is 53.2 Å². The Balaban J connectivity index is 2.18. The second kappa shape index (κ2) is 1.47. The fourth-order valence-corrected chi connectivity index (χ4v) is 2.20. The SMILES string of the molecule is FC1(F)C[C@H]2CC[C@@H]1C2. The van der Waals surface area contributed by atoms with Gasteiger partial charge in [-0.15, -0.1) is 0 Å². The van der Waals surface area contributed by atoms with Gasteiger partial charge in [-0.2, -0.15) is 0 Å². The van der Waals surface area contributed by atoms with Crippen molar-refractivity contribution >= 4 is 0 Å². The first kappa shape index (κ1) is 5.63. The summed E-state index contributed by atoms with van der Waals surface area (Å²) in [5.74, 6) is -2.17. The van der Waals surface area contributed by atoms with E-state index in [1.165, 1.54) is 0 Å². The Bertz CT molecular complexity index is 131. The van der Waals surface area contributed by atoms with Gasteiger partial charge >= 0.3 is 0 Å². The predicted octanol–water partition coefficient (Wildman–Crippen LogP) is 2.44. The topological polar surface area (TPSA) is 0 Å². The first-order chi connectivity index (χ1) is 4.18. The van der Waals surface area contributed by atoms with Gasteiger partial charge in [0.25, 0.3) is 5.92 Å². The molecule has 2 rings (SSSR count). The lowest BCUT2D eigenvalue weighted by atomic mass is 9.97. The number of halogens is 2. The zero-order chi connectivity index (χ0) is 6.48. The number of fused-ring (bicyclic) bond motifs is 2. The summed E-state index contributed by atoms with van der Waals surface area (Å²) in [6, 6.07) is 0. The molecule has 2 saturated carbocycles. The minimum absolute atomic E-state index is 0.178. The predicted molar refractivity (Wildman–Crippen MR) is 30.4 cm³/mol. The molecule has 0 radical (unpaired) electrons. The van der Waals surface area contributed by atoms with E-state index in [0.29, 0.717) is 5.92 Å². The van der Waals surface area contributed by atoms with E-state index in [-0.39, 0.29) is 12.3 Å². The maximum Gasteiger partial charge on any atom is 0.251 e. The molecule has 9 heavy (non-hydrogen) atoms. The van der Waals surface area contributed by atoms with Gasteiger partial charge in [-0.05, 0) is 25.2 Å². The molecule has 0 amide bonds. The second-order valence-corrected chi connectivity index (χ2v) is 3.34. The van der Waals surface area contributed by atoms with Crippen LogP contribution in [-0.4, -0.2) is 5.92 Å². The summed E-state index contributed by atoms with van der Waals surface area (Å²) in [5, 5.41) is 0. The zero-order valence-corrected chi connectivity index (χ0v) is 5.24. The van der Waals surface area contributed by atoms with Gasteiger partial charge in [-0.1, -0.05) is 0 Å². The average molecular weight is 132 g/mol. The fourth-order valence-electron chi connectivity index (χ4n) is 2.20. The van der Waals surface area contributed by atoms with E-state index in [2.05, 4.69) is 0 Å². The molecule has 52 valence electrons. The van der Waals surface area contributed by atoms with Gasteiger partial charge in [0.1, 0.15) is 0 Å². The van der Waals surface area contributed by atoms with Crippen LogP contribution in [0.2, 0.25) is 0 Å². The van der Waals surface area contributed by atoms with Crippen molar-refractivity contribution in [1.82, 2.24) is 0 Å². The molecule has 0 aromatic carbocycles. The van der Waals surface area contributed by atoms with Crippen LogP contribution in [0.5, 0.6) is 0 Å². The van der Waals surface area contributed by atoms with E-state index in [9.17, 15) is 8.78 Å². The average Bonchev–Trinajstić information content (AvgIpc) is 2.19. The van der Waals surface area contributed by atoms with E-state index in [1.807, 2.05) is 0 Å². The molecule has 0 heterocycles. The van der Waals surface area contributed by atoms with Crippen molar-refractivity contribution in [3.8, 4) is 0 Å². The van der Waals surface area contributed by atoms with Crippen LogP contribution in [0, 0.1) is 11.8 Å². The summed E-state index contributed by atoms with van der Waals surface area (Å²) >= 11 is 0. The van der Waals surface area contributed by atoms with Crippen LogP contribution in [0.15, 0.2) is 0 Å². The van der Waals surface area contributed by atoms with E-state index in [4.69, 9.17) is 0 Å². The molecule has 0 aromatic heterocycles. The lowest BCUT2D eigenvalue weighted by Crippen LogP contribution is -2.23. The van der Waals surface area contributed by atoms with Crippen molar-refractivity contribution in [3.05, 3.63) is 0 Å². The molecular formula is C7H10F2.